The van der Waals surface area contributed by atoms with Crippen LogP contribution >= 0.6 is 36.1 Å². The summed E-state index contributed by atoms with van der Waals surface area (Å²) >= 11 is 4.29. The molecule has 2 aromatic rings. The van der Waals surface area contributed by atoms with Gasteiger partial charge in [-0.1, -0.05) is 43.4 Å². The van der Waals surface area contributed by atoms with Crippen LogP contribution in [0.2, 0.25) is 0 Å². The number of allylic oxidation sites excluding steroid dienone is 8. The molecule has 0 saturated heterocycles. The van der Waals surface area contributed by atoms with Crippen LogP contribution in [0, 0.1) is 0 Å². The molecule has 0 bridgehead atoms. The van der Waals surface area contributed by atoms with Gasteiger partial charge in [0.25, 0.3) is 0 Å². The Balaban J connectivity index is 1.75. The Morgan fingerprint density at radius 3 is 2.28 bits per heavy atom. The number of anilines is 2. The van der Waals surface area contributed by atoms with Crippen molar-refractivity contribution in [1.29, 1.82) is 0 Å². The van der Waals surface area contributed by atoms with Gasteiger partial charge in [-0.2, -0.15) is 0 Å². The molecule has 10 heteroatoms. The molecular formula is C37H52N2O5S3. The maximum Gasteiger partial charge on any atom is 0.0635 e. The van der Waals surface area contributed by atoms with Crippen LogP contribution in [-0.4, -0.2) is 61.1 Å². The first-order chi connectivity index (χ1) is 22.8. The standard InChI is InChI=1S/C37H52N2O5S3/c1-36(21-14-26-45-42-5,31-27-29(46-43-6)16-18-33(31)38-23-25-41-4)20-13-11-9-8-10-12-15-35-37(2,22-24-40-3)32-28-30(47-44-7)17-19-34(32)39-35/h8-13,15-19,27-28,38-39H,14,20-26H2,1-7H3/b9-8+,12-10+,13-11+,35-15+. The van der Waals surface area contributed by atoms with Crippen LogP contribution in [0.3, 0.4) is 0 Å². The summed E-state index contributed by atoms with van der Waals surface area (Å²) in [4.78, 5) is 2.18. The van der Waals surface area contributed by atoms with Crippen LogP contribution in [0.15, 0.2) is 94.4 Å². The normalized spacial score (nSPS) is 18.4. The largest absolute Gasteiger partial charge is 0.385 e. The van der Waals surface area contributed by atoms with Crippen LogP contribution in [-0.2, 0) is 32.9 Å². The van der Waals surface area contributed by atoms with Crippen LogP contribution in [0.5, 0.6) is 0 Å². The Labute approximate surface area is 296 Å². The Bertz CT molecular complexity index is 1370. The van der Waals surface area contributed by atoms with Gasteiger partial charge in [0.15, 0.2) is 0 Å². The summed E-state index contributed by atoms with van der Waals surface area (Å²) in [5, 5.41) is 7.23. The highest BCUT2D eigenvalue weighted by Gasteiger charge is 2.38. The second-order valence-corrected chi connectivity index (χ2v) is 14.6. The van der Waals surface area contributed by atoms with Gasteiger partial charge in [-0.15, -0.1) is 0 Å². The topological polar surface area (TPSA) is 70.2 Å². The molecule has 3 rings (SSSR count). The molecule has 7 nitrogen and oxygen atoms in total. The van der Waals surface area contributed by atoms with Crippen molar-refractivity contribution in [2.24, 2.45) is 0 Å². The van der Waals surface area contributed by atoms with Gasteiger partial charge in [0, 0.05) is 89.5 Å². The number of rotatable bonds is 22. The Morgan fingerprint density at radius 1 is 0.851 bits per heavy atom. The fourth-order valence-corrected chi connectivity index (χ4v) is 7.17. The van der Waals surface area contributed by atoms with E-state index in [4.69, 9.17) is 22.0 Å². The minimum Gasteiger partial charge on any atom is -0.385 e. The van der Waals surface area contributed by atoms with Crippen LogP contribution in [0.1, 0.15) is 50.7 Å². The summed E-state index contributed by atoms with van der Waals surface area (Å²) in [7, 11) is 8.62. The van der Waals surface area contributed by atoms with E-state index in [-0.39, 0.29) is 10.8 Å². The van der Waals surface area contributed by atoms with Crippen molar-refractivity contribution >= 4 is 47.5 Å². The molecule has 0 aliphatic carbocycles. The van der Waals surface area contributed by atoms with Crippen molar-refractivity contribution in [2.45, 2.75) is 60.2 Å². The van der Waals surface area contributed by atoms with Crippen molar-refractivity contribution in [1.82, 2.24) is 0 Å². The smallest absolute Gasteiger partial charge is 0.0635 e. The molecule has 0 saturated carbocycles. The molecule has 2 atom stereocenters. The molecule has 0 spiro atoms. The highest BCUT2D eigenvalue weighted by molar-refractivity contribution is 7.95. The number of hydrogen-bond acceptors (Lipinski definition) is 10. The van der Waals surface area contributed by atoms with Crippen molar-refractivity contribution in [3.63, 3.8) is 0 Å². The lowest BCUT2D eigenvalue weighted by Crippen LogP contribution is -2.24. The van der Waals surface area contributed by atoms with Crippen molar-refractivity contribution in [2.75, 3.05) is 71.7 Å². The maximum absolute atomic E-state index is 5.48. The average molecular weight is 701 g/mol. The zero-order chi connectivity index (χ0) is 34.0. The Morgan fingerprint density at radius 2 is 1.55 bits per heavy atom. The average Bonchev–Trinajstić information content (AvgIpc) is 3.34. The van der Waals surface area contributed by atoms with Crippen molar-refractivity contribution < 1.29 is 22.0 Å². The highest BCUT2D eigenvalue weighted by Crippen LogP contribution is 2.47. The lowest BCUT2D eigenvalue weighted by molar-refractivity contribution is 0.179. The fourth-order valence-electron chi connectivity index (χ4n) is 5.78. The summed E-state index contributed by atoms with van der Waals surface area (Å²) in [6, 6.07) is 13.0. The van der Waals surface area contributed by atoms with E-state index < -0.39 is 0 Å². The van der Waals surface area contributed by atoms with Gasteiger partial charge in [-0.3, -0.25) is 0 Å². The lowest BCUT2D eigenvalue weighted by Gasteiger charge is -2.32. The zero-order valence-electron chi connectivity index (χ0n) is 28.9. The van der Waals surface area contributed by atoms with Gasteiger partial charge >= 0.3 is 0 Å². The molecular weight excluding hydrogens is 649 g/mol. The second-order valence-electron chi connectivity index (χ2n) is 11.7. The number of benzene rings is 2. The van der Waals surface area contributed by atoms with Gasteiger partial charge in [0.1, 0.15) is 0 Å². The third-order valence-electron chi connectivity index (χ3n) is 8.36. The van der Waals surface area contributed by atoms with Crippen molar-refractivity contribution in [3.8, 4) is 0 Å². The summed E-state index contributed by atoms with van der Waals surface area (Å²) in [6.45, 7) is 6.70. The molecule has 0 radical (unpaired) electrons. The van der Waals surface area contributed by atoms with Crippen molar-refractivity contribution in [3.05, 3.63) is 95.8 Å². The molecule has 0 aromatic heterocycles. The van der Waals surface area contributed by atoms with Gasteiger partial charge < -0.3 is 32.7 Å². The first kappa shape index (κ1) is 39.3. The van der Waals surface area contributed by atoms with E-state index in [1.165, 1.54) is 47.3 Å². The Kier molecular flexibility index (Phi) is 17.6. The predicted octanol–water partition coefficient (Wildman–Crippen LogP) is 9.75. The summed E-state index contributed by atoms with van der Waals surface area (Å²) in [6.07, 6.45) is 18.8. The van der Waals surface area contributed by atoms with Crippen LogP contribution in [0.4, 0.5) is 11.4 Å². The molecule has 1 aliphatic heterocycles. The van der Waals surface area contributed by atoms with Crippen LogP contribution in [0.25, 0.3) is 0 Å². The predicted molar refractivity (Wildman–Crippen MR) is 203 cm³/mol. The number of fused-ring (bicyclic) bond motifs is 1. The third kappa shape index (κ3) is 11.7. The molecule has 1 heterocycles. The van der Waals surface area contributed by atoms with E-state index in [0.29, 0.717) is 13.2 Å². The van der Waals surface area contributed by atoms with E-state index in [0.717, 1.165) is 64.8 Å². The SMILES string of the molecule is COCCNc1ccc(SOC)cc1C(C)(C/C=C/C=C/C=C/C=C1/Nc2ccc(SOC)cc2C1(C)CCOC)CCCSOC. The Hall–Kier alpha value is -2.15. The van der Waals surface area contributed by atoms with Gasteiger partial charge in [0.05, 0.1) is 27.9 Å². The number of ether oxygens (including phenoxy) is 2. The molecule has 2 aromatic carbocycles. The van der Waals surface area contributed by atoms with Gasteiger partial charge in [0.2, 0.25) is 0 Å². The minimum absolute atomic E-state index is 0.0873. The summed E-state index contributed by atoms with van der Waals surface area (Å²) < 4.78 is 26.7. The molecule has 1 aliphatic rings. The monoisotopic (exact) mass is 700 g/mol. The van der Waals surface area contributed by atoms with Crippen LogP contribution < -0.4 is 10.6 Å². The first-order valence-electron chi connectivity index (χ1n) is 15.9. The maximum atomic E-state index is 5.48. The first-order valence-corrected chi connectivity index (χ1v) is 18.3. The van der Waals surface area contributed by atoms with E-state index in [2.05, 4.69) is 103 Å². The highest BCUT2D eigenvalue weighted by atomic mass is 32.2. The van der Waals surface area contributed by atoms with Gasteiger partial charge in [-0.05, 0) is 104 Å². The summed E-state index contributed by atoms with van der Waals surface area (Å²) in [5.74, 6) is 0.951. The molecule has 258 valence electrons. The molecule has 2 unspecified atom stereocenters. The minimum atomic E-state index is -0.174. The zero-order valence-corrected chi connectivity index (χ0v) is 31.4. The third-order valence-corrected chi connectivity index (χ3v) is 10.3. The number of methoxy groups -OCH3 is 2. The molecule has 2 N–H and O–H groups in total. The van der Waals surface area contributed by atoms with E-state index in [1.807, 2.05) is 0 Å². The lowest BCUT2D eigenvalue weighted by atomic mass is 9.75. The molecule has 0 amide bonds. The fraction of sp³-hybridized carbons (Fsp3) is 0.459. The number of hydrogen-bond donors (Lipinski definition) is 2. The molecule has 47 heavy (non-hydrogen) atoms. The summed E-state index contributed by atoms with van der Waals surface area (Å²) in [5.41, 5.74) is 5.72. The van der Waals surface area contributed by atoms with E-state index in [9.17, 15) is 0 Å². The van der Waals surface area contributed by atoms with Gasteiger partial charge in [-0.25, -0.2) is 0 Å². The van der Waals surface area contributed by atoms with E-state index in [1.54, 1.807) is 35.5 Å². The molecule has 0 fully saturated rings. The quantitative estimate of drug-likeness (QED) is 0.0705. The van der Waals surface area contributed by atoms with E-state index >= 15 is 0 Å². The second kappa shape index (κ2) is 21.0. The number of nitrogens with one attached hydrogen (secondary N) is 2.